The molecule has 0 amide bonds. The van der Waals surface area contributed by atoms with Crippen LogP contribution in [0.5, 0.6) is 5.75 Å². The molecule has 0 spiro atoms. The summed E-state index contributed by atoms with van der Waals surface area (Å²) in [5.74, 6) is 1.32. The monoisotopic (exact) mass is 554 g/mol. The number of hydrogen-bond donors (Lipinski definition) is 3. The van der Waals surface area contributed by atoms with Gasteiger partial charge in [0.25, 0.3) is 0 Å². The van der Waals surface area contributed by atoms with Gasteiger partial charge in [0.15, 0.2) is 4.80 Å². The molecule has 0 bridgehead atoms. The van der Waals surface area contributed by atoms with E-state index in [-0.39, 0.29) is 24.9 Å². The molecule has 9 nitrogen and oxygen atoms in total. The first kappa shape index (κ1) is 30.5. The van der Waals surface area contributed by atoms with Crippen LogP contribution in [0.4, 0.5) is 5.95 Å². The van der Waals surface area contributed by atoms with Gasteiger partial charge in [0.1, 0.15) is 5.75 Å². The van der Waals surface area contributed by atoms with Crippen molar-refractivity contribution in [2.45, 2.75) is 58.8 Å². The number of piperidine rings is 1. The number of aromatic nitrogens is 3. The molecule has 0 saturated carbocycles. The highest BCUT2D eigenvalue weighted by atomic mass is 32.1. The molecular weight excluding hydrogens is 512 g/mol. The van der Waals surface area contributed by atoms with Crippen LogP contribution in [0.15, 0.2) is 48.1 Å². The van der Waals surface area contributed by atoms with Gasteiger partial charge in [-0.05, 0) is 63.1 Å². The van der Waals surface area contributed by atoms with Gasteiger partial charge >= 0.3 is 0 Å². The lowest BCUT2D eigenvalue weighted by atomic mass is 10.1. The third-order valence-corrected chi connectivity index (χ3v) is 6.83. The Hall–Kier alpha value is -3.05. The van der Waals surface area contributed by atoms with Gasteiger partial charge in [0.05, 0.1) is 37.3 Å². The summed E-state index contributed by atoms with van der Waals surface area (Å²) < 4.78 is 13.0. The zero-order valence-corrected chi connectivity index (χ0v) is 24.4. The van der Waals surface area contributed by atoms with E-state index in [2.05, 4.69) is 15.2 Å². The zero-order valence-electron chi connectivity index (χ0n) is 23.6. The molecule has 3 N–H and O–H groups in total. The molecule has 4 rings (SSSR count). The molecule has 1 aliphatic heterocycles. The van der Waals surface area contributed by atoms with Crippen molar-refractivity contribution in [2.75, 3.05) is 38.7 Å². The minimum Gasteiger partial charge on any atom is -0.497 e. The molecule has 0 radical (unpaired) electrons. The number of thiazole rings is 1. The van der Waals surface area contributed by atoms with Gasteiger partial charge in [-0.2, -0.15) is 0 Å². The first-order chi connectivity index (χ1) is 18.9. The van der Waals surface area contributed by atoms with Crippen molar-refractivity contribution in [3.63, 3.8) is 0 Å². The zero-order chi connectivity index (χ0) is 28.2. The summed E-state index contributed by atoms with van der Waals surface area (Å²) in [6, 6.07) is 9.85. The Morgan fingerprint density at radius 1 is 1.31 bits per heavy atom. The molecule has 1 fully saturated rings. The molecule has 39 heavy (non-hydrogen) atoms. The van der Waals surface area contributed by atoms with E-state index in [1.54, 1.807) is 13.3 Å². The Bertz CT molecular complexity index is 1240. The normalized spacial score (nSPS) is 16.9. The first-order valence-corrected chi connectivity index (χ1v) is 14.5. The third-order valence-electron chi connectivity index (χ3n) is 6.15. The highest BCUT2D eigenvalue weighted by Gasteiger charge is 2.24. The average Bonchev–Trinajstić information content (AvgIpc) is 3.38. The number of nitrogens with one attached hydrogen (secondary N) is 2. The molecule has 1 aromatic carbocycles. The fourth-order valence-electron chi connectivity index (χ4n) is 4.54. The fraction of sp³-hybridized carbons (Fsp3) is 0.483. The second kappa shape index (κ2) is 15.5. The summed E-state index contributed by atoms with van der Waals surface area (Å²) in [6.45, 7) is 10.5. The first-order valence-electron chi connectivity index (χ1n) is 13.6. The van der Waals surface area contributed by atoms with Crippen molar-refractivity contribution >= 4 is 29.1 Å². The van der Waals surface area contributed by atoms with Gasteiger partial charge in [0, 0.05) is 36.9 Å². The topological polar surface area (TPSA) is 109 Å². The second-order valence-electron chi connectivity index (χ2n) is 9.38. The van der Waals surface area contributed by atoms with Crippen molar-refractivity contribution in [1.29, 1.82) is 5.41 Å². The number of aliphatic hydroxyl groups excluding tert-OH is 1. The number of nitrogens with zero attached hydrogens (tertiary/aromatic N) is 4. The van der Waals surface area contributed by atoms with E-state index in [0.29, 0.717) is 17.3 Å². The molecule has 0 aliphatic carbocycles. The molecule has 212 valence electrons. The second-order valence-corrected chi connectivity index (χ2v) is 10.3. The van der Waals surface area contributed by atoms with E-state index < -0.39 is 0 Å². The summed E-state index contributed by atoms with van der Waals surface area (Å²) >= 11 is 1.36. The van der Waals surface area contributed by atoms with Crippen molar-refractivity contribution < 1.29 is 14.6 Å². The van der Waals surface area contributed by atoms with Gasteiger partial charge in [-0.1, -0.05) is 26.0 Å². The molecule has 1 saturated heterocycles. The number of ether oxygens (including phenoxy) is 2. The van der Waals surface area contributed by atoms with Gasteiger partial charge < -0.3 is 19.9 Å². The molecule has 10 heteroatoms. The lowest BCUT2D eigenvalue weighted by Crippen LogP contribution is -2.46. The number of rotatable bonds is 11. The Morgan fingerprint density at radius 3 is 2.82 bits per heavy atom. The van der Waals surface area contributed by atoms with Gasteiger partial charge in [0.2, 0.25) is 5.95 Å². The Kier molecular flexibility index (Phi) is 12.1. The fourth-order valence-corrected chi connectivity index (χ4v) is 5.12. The highest BCUT2D eigenvalue weighted by molar-refractivity contribution is 7.07. The van der Waals surface area contributed by atoms with Crippen LogP contribution in [0, 0.1) is 5.41 Å². The standard InChI is InChI=1S/C27H36N6O3S.C2H6/c1-19(2)36-23(18-34)17-32-11-5-7-21(16-32)30-27-29-10-9-24(31-27)25(33-12-13-37-26(33)28)15-20-6-4-8-22(14-20)35-3;1-2/h4,6,8-10,12-15,19,21,23,28,34H,5,7,11,16-18H2,1-3H3,(H,29,30,31);1-2H3/b25-15+,28-26?;/t21?,23-;/m1./s1. The third kappa shape index (κ3) is 8.99. The maximum atomic E-state index is 9.71. The lowest BCUT2D eigenvalue weighted by Gasteiger charge is -2.35. The van der Waals surface area contributed by atoms with E-state index in [1.165, 1.54) is 11.3 Å². The van der Waals surface area contributed by atoms with Crippen molar-refractivity contribution in [3.8, 4) is 5.75 Å². The summed E-state index contributed by atoms with van der Waals surface area (Å²) in [4.78, 5) is 12.1. The minimum absolute atomic E-state index is 0.0125. The summed E-state index contributed by atoms with van der Waals surface area (Å²) in [6.07, 6.45) is 7.59. The molecule has 3 heterocycles. The summed E-state index contributed by atoms with van der Waals surface area (Å²) in [5.41, 5.74) is 2.45. The van der Waals surface area contributed by atoms with Crippen LogP contribution >= 0.6 is 11.3 Å². The quantitative estimate of drug-likeness (QED) is 0.319. The largest absolute Gasteiger partial charge is 0.497 e. The Balaban J connectivity index is 0.00000205. The summed E-state index contributed by atoms with van der Waals surface area (Å²) in [5, 5.41) is 23.5. The van der Waals surface area contributed by atoms with Crippen LogP contribution in [-0.4, -0.2) is 76.1 Å². The number of aliphatic hydroxyl groups is 1. The van der Waals surface area contributed by atoms with Crippen molar-refractivity contribution in [1.82, 2.24) is 19.4 Å². The van der Waals surface area contributed by atoms with Crippen LogP contribution in [0.2, 0.25) is 0 Å². The van der Waals surface area contributed by atoms with Crippen LogP contribution in [-0.2, 0) is 4.74 Å². The number of benzene rings is 1. The van der Waals surface area contributed by atoms with Gasteiger partial charge in [-0.3, -0.25) is 14.9 Å². The predicted molar refractivity (Wildman–Crippen MR) is 158 cm³/mol. The molecule has 2 atom stereocenters. The van der Waals surface area contributed by atoms with Crippen LogP contribution < -0.4 is 14.9 Å². The Morgan fingerprint density at radius 2 is 2.13 bits per heavy atom. The van der Waals surface area contributed by atoms with E-state index in [4.69, 9.17) is 19.9 Å². The number of hydrogen-bond acceptors (Lipinski definition) is 9. The number of likely N-dealkylation sites (tertiary alicyclic amines) is 1. The van der Waals surface area contributed by atoms with Crippen molar-refractivity contribution in [2.24, 2.45) is 0 Å². The summed E-state index contributed by atoms with van der Waals surface area (Å²) in [7, 11) is 1.65. The maximum Gasteiger partial charge on any atom is 0.223 e. The average molecular weight is 555 g/mol. The van der Waals surface area contributed by atoms with E-state index in [1.807, 2.05) is 80.2 Å². The predicted octanol–water partition coefficient (Wildman–Crippen LogP) is 4.56. The maximum absolute atomic E-state index is 9.71. The minimum atomic E-state index is -0.190. The Labute approximate surface area is 235 Å². The van der Waals surface area contributed by atoms with E-state index >= 15 is 0 Å². The molecule has 1 aliphatic rings. The van der Waals surface area contributed by atoms with E-state index in [0.717, 1.165) is 48.6 Å². The number of methoxy groups -OCH3 is 1. The van der Waals surface area contributed by atoms with Crippen LogP contribution in [0.1, 0.15) is 51.8 Å². The van der Waals surface area contributed by atoms with Crippen molar-refractivity contribution in [3.05, 3.63) is 64.2 Å². The molecular formula is C29H42N6O3S. The van der Waals surface area contributed by atoms with Gasteiger partial charge in [-0.15, -0.1) is 11.3 Å². The molecule has 3 aromatic rings. The number of anilines is 1. The van der Waals surface area contributed by atoms with E-state index in [9.17, 15) is 5.11 Å². The smallest absolute Gasteiger partial charge is 0.223 e. The SMILES string of the molecule is CC.COc1cccc(/C=C(\c2ccnc(NC3CCCN(C[C@H](CO)OC(C)C)C3)n2)n2ccsc2=N)c1. The van der Waals surface area contributed by atoms with Crippen LogP contribution in [0.25, 0.3) is 11.8 Å². The molecule has 1 unspecified atom stereocenters. The van der Waals surface area contributed by atoms with Crippen LogP contribution in [0.3, 0.4) is 0 Å². The van der Waals surface area contributed by atoms with Gasteiger partial charge in [-0.25, -0.2) is 9.97 Å². The highest BCUT2D eigenvalue weighted by Crippen LogP contribution is 2.22. The molecule has 2 aromatic heterocycles. The lowest BCUT2D eigenvalue weighted by molar-refractivity contribution is -0.0420.